The van der Waals surface area contributed by atoms with E-state index in [1.165, 1.54) is 0 Å². The Kier molecular flexibility index (Phi) is 1.52. The van der Waals surface area contributed by atoms with E-state index in [9.17, 15) is 4.79 Å². The maximum atomic E-state index is 11.0. The fraction of sp³-hybridized carbons (Fsp3) is 0.100. The summed E-state index contributed by atoms with van der Waals surface area (Å²) in [5.41, 5.74) is 14.0. The van der Waals surface area contributed by atoms with Crippen molar-refractivity contribution in [2.24, 2.45) is 5.73 Å². The highest BCUT2D eigenvalue weighted by atomic mass is 16.3. The summed E-state index contributed by atoms with van der Waals surface area (Å²) in [6.45, 7) is 0.766. The minimum absolute atomic E-state index is 0.187. The van der Waals surface area contributed by atoms with Crippen molar-refractivity contribution in [3.63, 3.8) is 0 Å². The quantitative estimate of drug-likeness (QED) is 0.645. The first kappa shape index (κ1) is 8.31. The summed E-state index contributed by atoms with van der Waals surface area (Å²) >= 11 is 0. The number of fused-ring (bicyclic) bond motifs is 3. The number of anilines is 1. The average molecular weight is 203 g/mol. The standard InChI is InChI=1S/C10H9N3O2/c11-10(14)8-3-6-7(15-8)2-1-5-4-12-13-9(5)6/h1-3,12-13H,4H2,(H2,11,14). The molecule has 1 aliphatic heterocycles. The number of hydrogen-bond donors (Lipinski definition) is 3. The third kappa shape index (κ3) is 1.10. The lowest BCUT2D eigenvalue weighted by molar-refractivity contribution is 0.0976. The number of primary amides is 1. The maximum absolute atomic E-state index is 11.0. The Morgan fingerprint density at radius 3 is 3.13 bits per heavy atom. The van der Waals surface area contributed by atoms with Gasteiger partial charge in [-0.15, -0.1) is 0 Å². The van der Waals surface area contributed by atoms with Gasteiger partial charge in [-0.05, 0) is 17.7 Å². The van der Waals surface area contributed by atoms with E-state index in [4.69, 9.17) is 10.2 Å². The van der Waals surface area contributed by atoms with Gasteiger partial charge in [-0.1, -0.05) is 6.07 Å². The van der Waals surface area contributed by atoms with Gasteiger partial charge in [-0.2, -0.15) is 0 Å². The van der Waals surface area contributed by atoms with Gasteiger partial charge in [0.05, 0.1) is 5.69 Å². The first-order valence-corrected chi connectivity index (χ1v) is 4.60. The topological polar surface area (TPSA) is 80.3 Å². The van der Waals surface area contributed by atoms with Crippen LogP contribution in [-0.2, 0) is 6.54 Å². The fourth-order valence-corrected chi connectivity index (χ4v) is 1.80. The molecule has 0 bridgehead atoms. The van der Waals surface area contributed by atoms with Gasteiger partial charge < -0.3 is 15.6 Å². The van der Waals surface area contributed by atoms with Crippen molar-refractivity contribution in [2.45, 2.75) is 6.54 Å². The van der Waals surface area contributed by atoms with E-state index in [2.05, 4.69) is 10.9 Å². The Balaban J connectivity index is 2.31. The fourth-order valence-electron chi connectivity index (χ4n) is 1.80. The van der Waals surface area contributed by atoms with Gasteiger partial charge in [-0.3, -0.25) is 4.79 Å². The number of benzene rings is 1. The molecule has 0 saturated carbocycles. The van der Waals surface area contributed by atoms with Crippen molar-refractivity contribution < 1.29 is 9.21 Å². The molecule has 0 unspecified atom stereocenters. The number of rotatable bonds is 1. The van der Waals surface area contributed by atoms with E-state index in [1.807, 2.05) is 12.1 Å². The summed E-state index contributed by atoms with van der Waals surface area (Å²) in [6.07, 6.45) is 0. The van der Waals surface area contributed by atoms with Crippen molar-refractivity contribution in [1.29, 1.82) is 0 Å². The minimum Gasteiger partial charge on any atom is -0.451 e. The predicted molar refractivity (Wildman–Crippen MR) is 55.2 cm³/mol. The molecule has 76 valence electrons. The molecule has 4 N–H and O–H groups in total. The molecule has 15 heavy (non-hydrogen) atoms. The van der Waals surface area contributed by atoms with Gasteiger partial charge in [0, 0.05) is 11.9 Å². The average Bonchev–Trinajstić information content (AvgIpc) is 2.82. The molecule has 5 heteroatoms. The second-order valence-electron chi connectivity index (χ2n) is 3.46. The second-order valence-corrected chi connectivity index (χ2v) is 3.46. The highest BCUT2D eigenvalue weighted by molar-refractivity contribution is 6.00. The number of furan rings is 1. The Morgan fingerprint density at radius 2 is 2.33 bits per heavy atom. The lowest BCUT2D eigenvalue weighted by Crippen LogP contribution is -2.11. The second kappa shape index (κ2) is 2.74. The van der Waals surface area contributed by atoms with Crippen LogP contribution >= 0.6 is 0 Å². The molecule has 2 heterocycles. The van der Waals surface area contributed by atoms with Gasteiger partial charge >= 0.3 is 0 Å². The van der Waals surface area contributed by atoms with Gasteiger partial charge in [0.15, 0.2) is 5.76 Å². The van der Waals surface area contributed by atoms with E-state index >= 15 is 0 Å². The van der Waals surface area contributed by atoms with Crippen molar-refractivity contribution in [3.05, 3.63) is 29.5 Å². The third-order valence-corrected chi connectivity index (χ3v) is 2.52. The zero-order valence-corrected chi connectivity index (χ0v) is 7.83. The number of nitrogens with one attached hydrogen (secondary N) is 2. The molecule has 1 aromatic heterocycles. The van der Waals surface area contributed by atoms with Crippen LogP contribution in [0.2, 0.25) is 0 Å². The van der Waals surface area contributed by atoms with Crippen LogP contribution in [-0.4, -0.2) is 5.91 Å². The number of carbonyl (C=O) groups excluding carboxylic acids is 1. The number of nitrogens with two attached hydrogens (primary N) is 1. The first-order valence-electron chi connectivity index (χ1n) is 4.60. The molecule has 5 nitrogen and oxygen atoms in total. The highest BCUT2D eigenvalue weighted by Crippen LogP contribution is 2.32. The smallest absolute Gasteiger partial charge is 0.284 e. The first-order chi connectivity index (χ1) is 7.25. The van der Waals surface area contributed by atoms with Crippen molar-refractivity contribution in [3.8, 4) is 0 Å². The monoisotopic (exact) mass is 203 g/mol. The van der Waals surface area contributed by atoms with Crippen LogP contribution in [0.5, 0.6) is 0 Å². The number of hydrogen-bond acceptors (Lipinski definition) is 4. The van der Waals surface area contributed by atoms with Gasteiger partial charge in [0.1, 0.15) is 5.58 Å². The summed E-state index contributed by atoms with van der Waals surface area (Å²) in [6, 6.07) is 5.46. The van der Waals surface area contributed by atoms with Gasteiger partial charge in [0.25, 0.3) is 5.91 Å². The molecule has 0 atom stereocenters. The highest BCUT2D eigenvalue weighted by Gasteiger charge is 2.17. The van der Waals surface area contributed by atoms with E-state index < -0.39 is 5.91 Å². The van der Waals surface area contributed by atoms with Crippen molar-refractivity contribution in [1.82, 2.24) is 5.43 Å². The summed E-state index contributed by atoms with van der Waals surface area (Å²) in [5.74, 6) is -0.363. The molecule has 0 spiro atoms. The zero-order chi connectivity index (χ0) is 10.4. The van der Waals surface area contributed by atoms with E-state index in [0.717, 1.165) is 23.2 Å². The molecule has 1 aromatic carbocycles. The van der Waals surface area contributed by atoms with Gasteiger partial charge in [0.2, 0.25) is 0 Å². The molecule has 1 amide bonds. The molecule has 0 fully saturated rings. The Hall–Kier alpha value is -2.01. The van der Waals surface area contributed by atoms with Crippen LogP contribution in [0.15, 0.2) is 22.6 Å². The summed E-state index contributed by atoms with van der Waals surface area (Å²) in [7, 11) is 0. The van der Waals surface area contributed by atoms with Crippen LogP contribution < -0.4 is 16.6 Å². The number of carbonyl (C=O) groups is 1. The Bertz CT molecular complexity index is 559. The van der Waals surface area contributed by atoms with Crippen molar-refractivity contribution >= 4 is 22.6 Å². The van der Waals surface area contributed by atoms with E-state index in [1.54, 1.807) is 6.07 Å². The lowest BCUT2D eigenvalue weighted by Gasteiger charge is -1.97. The summed E-state index contributed by atoms with van der Waals surface area (Å²) in [5, 5.41) is 0.881. The summed E-state index contributed by atoms with van der Waals surface area (Å²) < 4.78 is 5.31. The van der Waals surface area contributed by atoms with Crippen LogP contribution in [0.4, 0.5) is 5.69 Å². The Morgan fingerprint density at radius 1 is 1.47 bits per heavy atom. The Labute approximate surface area is 85.2 Å². The molecular formula is C10H9N3O2. The maximum Gasteiger partial charge on any atom is 0.284 e. The molecule has 2 aromatic rings. The largest absolute Gasteiger partial charge is 0.451 e. The van der Waals surface area contributed by atoms with E-state index in [-0.39, 0.29) is 5.76 Å². The van der Waals surface area contributed by atoms with Crippen molar-refractivity contribution in [2.75, 3.05) is 5.43 Å². The predicted octanol–water partition coefficient (Wildman–Crippen LogP) is 0.962. The third-order valence-electron chi connectivity index (χ3n) is 2.52. The minimum atomic E-state index is -0.550. The van der Waals surface area contributed by atoms with Crippen LogP contribution in [0.3, 0.4) is 0 Å². The SMILES string of the molecule is NC(=O)c1cc2c3c(ccc2o1)CNN3. The van der Waals surface area contributed by atoms with Gasteiger partial charge in [-0.25, -0.2) is 5.43 Å². The molecular weight excluding hydrogens is 194 g/mol. The number of amides is 1. The zero-order valence-electron chi connectivity index (χ0n) is 7.83. The molecule has 0 saturated heterocycles. The molecule has 1 aliphatic rings. The summed E-state index contributed by atoms with van der Waals surface area (Å²) in [4.78, 5) is 11.0. The molecule has 0 aliphatic carbocycles. The van der Waals surface area contributed by atoms with Crippen LogP contribution in [0, 0.1) is 0 Å². The molecule has 0 radical (unpaired) electrons. The number of hydrazine groups is 1. The molecule has 3 rings (SSSR count). The lowest BCUT2D eigenvalue weighted by atomic mass is 10.1. The normalized spacial score (nSPS) is 13.9. The van der Waals surface area contributed by atoms with E-state index in [0.29, 0.717) is 5.58 Å². The van der Waals surface area contributed by atoms with Crippen LogP contribution in [0.1, 0.15) is 16.1 Å². The van der Waals surface area contributed by atoms with Crippen LogP contribution in [0.25, 0.3) is 11.0 Å².